The van der Waals surface area contributed by atoms with Crippen LogP contribution in [0, 0.1) is 0 Å². The van der Waals surface area contributed by atoms with Crippen LogP contribution in [0.3, 0.4) is 0 Å². The van der Waals surface area contributed by atoms with Crippen molar-refractivity contribution in [1.82, 2.24) is 9.71 Å². The van der Waals surface area contributed by atoms with Gasteiger partial charge in [0.25, 0.3) is 0 Å². The topological polar surface area (TPSA) is 79.3 Å². The standard InChI is InChI=1S/C10H18N2O3S2/c1-9(10-11-4-6-16-10)8-12-17(14,15)7-3-2-5-13/h4,6,9,12-13H,2-3,5,7-8H2,1H3. The second kappa shape index (κ2) is 7.05. The normalized spacial score (nSPS) is 13.8. The Balaban J connectivity index is 2.34. The molecule has 0 aliphatic carbocycles. The van der Waals surface area contributed by atoms with Gasteiger partial charge in [-0.2, -0.15) is 0 Å². The van der Waals surface area contributed by atoms with Crippen LogP contribution in [0.1, 0.15) is 30.7 Å². The van der Waals surface area contributed by atoms with Crippen LogP contribution in [0.15, 0.2) is 11.6 Å². The summed E-state index contributed by atoms with van der Waals surface area (Å²) in [7, 11) is -3.22. The minimum atomic E-state index is -3.22. The number of aliphatic hydroxyl groups excluding tert-OH is 1. The lowest BCUT2D eigenvalue weighted by molar-refractivity contribution is 0.287. The highest BCUT2D eigenvalue weighted by atomic mass is 32.2. The van der Waals surface area contributed by atoms with E-state index in [-0.39, 0.29) is 18.3 Å². The number of rotatable bonds is 8. The lowest BCUT2D eigenvalue weighted by Crippen LogP contribution is -2.29. The Morgan fingerprint density at radius 1 is 1.53 bits per heavy atom. The Labute approximate surface area is 106 Å². The Morgan fingerprint density at radius 3 is 2.88 bits per heavy atom. The highest BCUT2D eigenvalue weighted by Crippen LogP contribution is 2.16. The molecular weight excluding hydrogens is 260 g/mol. The number of hydrogen-bond acceptors (Lipinski definition) is 5. The molecule has 0 bridgehead atoms. The fraction of sp³-hybridized carbons (Fsp3) is 0.700. The Kier molecular flexibility index (Phi) is 6.04. The van der Waals surface area contributed by atoms with Gasteiger partial charge >= 0.3 is 0 Å². The number of nitrogens with one attached hydrogen (secondary N) is 1. The smallest absolute Gasteiger partial charge is 0.211 e. The molecule has 0 aromatic carbocycles. The van der Waals surface area contributed by atoms with E-state index < -0.39 is 10.0 Å². The Morgan fingerprint density at radius 2 is 2.29 bits per heavy atom. The van der Waals surface area contributed by atoms with Crippen LogP contribution in [0.5, 0.6) is 0 Å². The van der Waals surface area contributed by atoms with Gasteiger partial charge in [0.1, 0.15) is 0 Å². The van der Waals surface area contributed by atoms with Crippen molar-refractivity contribution in [2.45, 2.75) is 25.7 Å². The van der Waals surface area contributed by atoms with E-state index in [4.69, 9.17) is 5.11 Å². The molecule has 17 heavy (non-hydrogen) atoms. The number of sulfonamides is 1. The summed E-state index contributed by atoms with van der Waals surface area (Å²) in [4.78, 5) is 4.14. The molecule has 0 radical (unpaired) electrons. The van der Waals surface area contributed by atoms with Crippen molar-refractivity contribution in [3.05, 3.63) is 16.6 Å². The van der Waals surface area contributed by atoms with E-state index in [1.165, 1.54) is 11.3 Å². The van der Waals surface area contributed by atoms with E-state index in [0.717, 1.165) is 5.01 Å². The van der Waals surface area contributed by atoms with Gasteiger partial charge in [0, 0.05) is 30.6 Å². The number of thiazole rings is 1. The second-order valence-corrected chi connectivity index (χ2v) is 6.72. The molecule has 1 aromatic rings. The second-order valence-electron chi connectivity index (χ2n) is 3.87. The highest BCUT2D eigenvalue weighted by Gasteiger charge is 2.14. The van der Waals surface area contributed by atoms with Gasteiger partial charge in [-0.3, -0.25) is 0 Å². The first-order valence-corrected chi connectivity index (χ1v) is 8.06. The van der Waals surface area contributed by atoms with Crippen molar-refractivity contribution >= 4 is 21.4 Å². The number of hydrogen-bond donors (Lipinski definition) is 2. The summed E-state index contributed by atoms with van der Waals surface area (Å²) >= 11 is 1.52. The predicted octanol–water partition coefficient (Wildman–Crippen LogP) is 0.939. The van der Waals surface area contributed by atoms with Gasteiger partial charge < -0.3 is 5.11 Å². The number of unbranched alkanes of at least 4 members (excludes halogenated alkanes) is 1. The fourth-order valence-electron chi connectivity index (χ4n) is 1.29. The van der Waals surface area contributed by atoms with Crippen LogP contribution in [-0.2, 0) is 10.0 Å². The molecule has 0 aliphatic heterocycles. The van der Waals surface area contributed by atoms with Crippen molar-refractivity contribution in [3.8, 4) is 0 Å². The predicted molar refractivity (Wildman–Crippen MR) is 68.6 cm³/mol. The van der Waals surface area contributed by atoms with Crippen molar-refractivity contribution in [3.63, 3.8) is 0 Å². The largest absolute Gasteiger partial charge is 0.396 e. The maximum atomic E-state index is 11.6. The first-order chi connectivity index (χ1) is 8.05. The third kappa shape index (κ3) is 5.58. The van der Waals surface area contributed by atoms with E-state index in [2.05, 4.69) is 9.71 Å². The van der Waals surface area contributed by atoms with E-state index in [9.17, 15) is 8.42 Å². The maximum absolute atomic E-state index is 11.6. The molecule has 0 spiro atoms. The summed E-state index contributed by atoms with van der Waals surface area (Å²) in [6.07, 6.45) is 2.71. The zero-order chi connectivity index (χ0) is 12.7. The van der Waals surface area contributed by atoms with Gasteiger partial charge in [0.15, 0.2) is 0 Å². The van der Waals surface area contributed by atoms with Crippen LogP contribution in [-0.4, -0.2) is 37.4 Å². The molecule has 1 atom stereocenters. The molecule has 5 nitrogen and oxygen atoms in total. The molecule has 1 aromatic heterocycles. The quantitative estimate of drug-likeness (QED) is 0.694. The molecule has 1 rings (SSSR count). The first-order valence-electron chi connectivity index (χ1n) is 5.53. The molecule has 0 amide bonds. The van der Waals surface area contributed by atoms with Crippen molar-refractivity contribution < 1.29 is 13.5 Å². The zero-order valence-corrected chi connectivity index (χ0v) is 11.4. The van der Waals surface area contributed by atoms with Crippen molar-refractivity contribution in [1.29, 1.82) is 0 Å². The first kappa shape index (κ1) is 14.6. The average Bonchev–Trinajstić information content (AvgIpc) is 2.80. The molecule has 2 N–H and O–H groups in total. The van der Waals surface area contributed by atoms with Gasteiger partial charge in [-0.05, 0) is 12.8 Å². The molecule has 0 saturated carbocycles. The Hall–Kier alpha value is -0.500. The summed E-state index contributed by atoms with van der Waals surface area (Å²) in [6, 6.07) is 0. The molecular formula is C10H18N2O3S2. The highest BCUT2D eigenvalue weighted by molar-refractivity contribution is 7.89. The zero-order valence-electron chi connectivity index (χ0n) is 9.80. The van der Waals surface area contributed by atoms with Crippen molar-refractivity contribution in [2.75, 3.05) is 18.9 Å². The van der Waals surface area contributed by atoms with Gasteiger partial charge in [-0.1, -0.05) is 6.92 Å². The molecule has 0 fully saturated rings. The molecule has 0 saturated heterocycles. The summed E-state index contributed by atoms with van der Waals surface area (Å²) in [5.74, 6) is 0.153. The molecule has 98 valence electrons. The SMILES string of the molecule is CC(CNS(=O)(=O)CCCCO)c1nccs1. The van der Waals surface area contributed by atoms with E-state index >= 15 is 0 Å². The summed E-state index contributed by atoms with van der Waals surface area (Å²) in [5, 5.41) is 11.4. The number of aromatic nitrogens is 1. The third-order valence-electron chi connectivity index (χ3n) is 2.30. The van der Waals surface area contributed by atoms with Crippen LogP contribution >= 0.6 is 11.3 Å². The molecule has 1 unspecified atom stereocenters. The van der Waals surface area contributed by atoms with Crippen LogP contribution in [0.2, 0.25) is 0 Å². The van der Waals surface area contributed by atoms with E-state index in [0.29, 0.717) is 19.4 Å². The van der Waals surface area contributed by atoms with Gasteiger partial charge in [0.2, 0.25) is 10.0 Å². The number of nitrogens with zero attached hydrogens (tertiary/aromatic N) is 1. The van der Waals surface area contributed by atoms with Crippen LogP contribution < -0.4 is 4.72 Å². The molecule has 1 heterocycles. The lowest BCUT2D eigenvalue weighted by atomic mass is 10.2. The minimum absolute atomic E-state index is 0.0328. The maximum Gasteiger partial charge on any atom is 0.211 e. The monoisotopic (exact) mass is 278 g/mol. The fourth-order valence-corrected chi connectivity index (χ4v) is 3.22. The van der Waals surface area contributed by atoms with Crippen molar-refractivity contribution in [2.24, 2.45) is 0 Å². The third-order valence-corrected chi connectivity index (χ3v) is 4.74. The average molecular weight is 278 g/mol. The van der Waals surface area contributed by atoms with Gasteiger partial charge in [0.05, 0.1) is 10.8 Å². The lowest BCUT2D eigenvalue weighted by Gasteiger charge is -2.10. The summed E-state index contributed by atoms with van der Waals surface area (Å²) < 4.78 is 25.7. The van der Waals surface area contributed by atoms with Gasteiger partial charge in [-0.25, -0.2) is 18.1 Å². The molecule has 7 heteroatoms. The van der Waals surface area contributed by atoms with Crippen LogP contribution in [0.25, 0.3) is 0 Å². The van der Waals surface area contributed by atoms with E-state index in [1.54, 1.807) is 6.20 Å². The molecule has 0 aliphatic rings. The summed E-state index contributed by atoms with van der Waals surface area (Å²) in [5.41, 5.74) is 0. The minimum Gasteiger partial charge on any atom is -0.396 e. The summed E-state index contributed by atoms with van der Waals surface area (Å²) in [6.45, 7) is 2.34. The number of aliphatic hydroxyl groups is 1. The van der Waals surface area contributed by atoms with E-state index in [1.807, 2.05) is 12.3 Å². The van der Waals surface area contributed by atoms with Gasteiger partial charge in [-0.15, -0.1) is 11.3 Å². The Bertz CT molecular complexity index is 403. The van der Waals surface area contributed by atoms with Crippen LogP contribution in [0.4, 0.5) is 0 Å².